The standard InChI is InChI=1S/C14H17FN2O2/c15-12-3-1-2-4-13(12)16-14(19)17-9-5-6-10(17)8-11(18)7-9/h1-4,9-11,18H,5-8H2,(H,16,19). The average molecular weight is 264 g/mol. The van der Waals surface area contributed by atoms with Gasteiger partial charge in [-0.3, -0.25) is 0 Å². The van der Waals surface area contributed by atoms with E-state index >= 15 is 0 Å². The highest BCUT2D eigenvalue weighted by atomic mass is 19.1. The molecule has 0 aliphatic carbocycles. The second-order valence-corrected chi connectivity index (χ2v) is 5.33. The number of fused-ring (bicyclic) bond motifs is 2. The van der Waals surface area contributed by atoms with Crippen molar-refractivity contribution in [3.05, 3.63) is 30.1 Å². The monoisotopic (exact) mass is 264 g/mol. The molecule has 2 aliphatic heterocycles. The van der Waals surface area contributed by atoms with Crippen LogP contribution in [0.25, 0.3) is 0 Å². The number of urea groups is 1. The Bertz CT molecular complexity index is 480. The van der Waals surface area contributed by atoms with Gasteiger partial charge in [0.25, 0.3) is 0 Å². The number of aliphatic hydroxyl groups excluding tert-OH is 1. The van der Waals surface area contributed by atoms with Crippen molar-refractivity contribution in [2.45, 2.75) is 43.9 Å². The summed E-state index contributed by atoms with van der Waals surface area (Å²) in [4.78, 5) is 14.0. The molecule has 0 spiro atoms. The lowest BCUT2D eigenvalue weighted by molar-refractivity contribution is 0.0580. The molecule has 102 valence electrons. The largest absolute Gasteiger partial charge is 0.393 e. The molecule has 0 radical (unpaired) electrons. The predicted octanol–water partition coefficient (Wildman–Crippen LogP) is 2.35. The minimum absolute atomic E-state index is 0.0838. The van der Waals surface area contributed by atoms with E-state index in [1.807, 2.05) is 0 Å². The van der Waals surface area contributed by atoms with Crippen molar-refractivity contribution >= 4 is 11.7 Å². The first kappa shape index (κ1) is 12.4. The number of halogens is 1. The Balaban J connectivity index is 1.73. The molecule has 0 aromatic heterocycles. The van der Waals surface area contributed by atoms with Gasteiger partial charge in [0.1, 0.15) is 5.82 Å². The van der Waals surface area contributed by atoms with Crippen LogP contribution >= 0.6 is 0 Å². The summed E-state index contributed by atoms with van der Waals surface area (Å²) in [6, 6.07) is 6.06. The number of para-hydroxylation sites is 1. The van der Waals surface area contributed by atoms with Crippen molar-refractivity contribution in [3.63, 3.8) is 0 Å². The van der Waals surface area contributed by atoms with Crippen LogP contribution in [0.5, 0.6) is 0 Å². The fraction of sp³-hybridized carbons (Fsp3) is 0.500. The van der Waals surface area contributed by atoms with Gasteiger partial charge in [0.05, 0.1) is 11.8 Å². The maximum absolute atomic E-state index is 13.5. The van der Waals surface area contributed by atoms with Crippen LogP contribution in [0.2, 0.25) is 0 Å². The molecule has 1 aromatic rings. The predicted molar refractivity (Wildman–Crippen MR) is 69.3 cm³/mol. The molecule has 4 nitrogen and oxygen atoms in total. The van der Waals surface area contributed by atoms with Crippen molar-refractivity contribution in [2.75, 3.05) is 5.32 Å². The van der Waals surface area contributed by atoms with Gasteiger partial charge in [0.15, 0.2) is 0 Å². The molecule has 1 aromatic carbocycles. The number of carbonyl (C=O) groups is 1. The summed E-state index contributed by atoms with van der Waals surface area (Å²) in [5.41, 5.74) is 0.207. The fourth-order valence-electron chi connectivity index (χ4n) is 3.22. The zero-order chi connectivity index (χ0) is 13.4. The number of aliphatic hydroxyl groups is 1. The van der Waals surface area contributed by atoms with Crippen LogP contribution in [0.1, 0.15) is 25.7 Å². The molecular weight excluding hydrogens is 247 g/mol. The molecule has 2 aliphatic rings. The third-order valence-electron chi connectivity index (χ3n) is 4.06. The normalized spacial score (nSPS) is 29.4. The smallest absolute Gasteiger partial charge is 0.322 e. The maximum atomic E-state index is 13.5. The van der Waals surface area contributed by atoms with Gasteiger partial charge in [-0.2, -0.15) is 0 Å². The number of carbonyl (C=O) groups excluding carboxylic acids is 1. The van der Waals surface area contributed by atoms with Crippen LogP contribution in [0.4, 0.5) is 14.9 Å². The lowest BCUT2D eigenvalue weighted by Crippen LogP contribution is -2.49. The van der Waals surface area contributed by atoms with Crippen molar-refractivity contribution in [3.8, 4) is 0 Å². The molecule has 2 atom stereocenters. The third kappa shape index (κ3) is 2.30. The van der Waals surface area contributed by atoms with E-state index in [9.17, 15) is 14.3 Å². The molecule has 2 unspecified atom stereocenters. The molecule has 2 saturated heterocycles. The number of amides is 2. The van der Waals surface area contributed by atoms with Gasteiger partial charge in [-0.05, 0) is 37.8 Å². The van der Waals surface area contributed by atoms with Gasteiger partial charge in [0, 0.05) is 12.1 Å². The first-order valence-corrected chi connectivity index (χ1v) is 6.67. The van der Waals surface area contributed by atoms with Crippen LogP contribution in [-0.4, -0.2) is 34.2 Å². The van der Waals surface area contributed by atoms with Gasteiger partial charge in [-0.25, -0.2) is 9.18 Å². The molecule has 19 heavy (non-hydrogen) atoms. The summed E-state index contributed by atoms with van der Waals surface area (Å²) in [6.07, 6.45) is 2.79. The zero-order valence-electron chi connectivity index (χ0n) is 10.6. The Kier molecular flexibility index (Phi) is 3.14. The maximum Gasteiger partial charge on any atom is 0.322 e. The van der Waals surface area contributed by atoms with Crippen molar-refractivity contribution in [1.29, 1.82) is 0 Å². The molecule has 2 bridgehead atoms. The Morgan fingerprint density at radius 1 is 1.26 bits per heavy atom. The Hall–Kier alpha value is -1.62. The quantitative estimate of drug-likeness (QED) is 0.818. The Labute approximate surface area is 111 Å². The van der Waals surface area contributed by atoms with Gasteiger partial charge in [-0.15, -0.1) is 0 Å². The SMILES string of the molecule is O=C(Nc1ccccc1F)N1C2CCC1CC(O)C2. The number of rotatable bonds is 1. The first-order valence-electron chi connectivity index (χ1n) is 6.67. The van der Waals surface area contributed by atoms with Crippen LogP contribution in [0, 0.1) is 5.82 Å². The number of hydrogen-bond donors (Lipinski definition) is 2. The Morgan fingerprint density at radius 3 is 2.53 bits per heavy atom. The summed E-state index contributed by atoms with van der Waals surface area (Å²) in [5, 5.41) is 12.3. The van der Waals surface area contributed by atoms with E-state index in [0.29, 0.717) is 12.8 Å². The third-order valence-corrected chi connectivity index (χ3v) is 4.06. The number of benzene rings is 1. The van der Waals surface area contributed by atoms with Crippen molar-refractivity contribution in [1.82, 2.24) is 4.90 Å². The summed E-state index contributed by atoms with van der Waals surface area (Å²) < 4.78 is 13.5. The highest BCUT2D eigenvalue weighted by Crippen LogP contribution is 2.36. The lowest BCUT2D eigenvalue weighted by atomic mass is 10.0. The minimum atomic E-state index is -0.430. The van der Waals surface area contributed by atoms with E-state index in [-0.39, 0.29) is 29.9 Å². The zero-order valence-corrected chi connectivity index (χ0v) is 10.6. The molecule has 0 saturated carbocycles. The van der Waals surface area contributed by atoms with E-state index < -0.39 is 5.82 Å². The summed E-state index contributed by atoms with van der Waals surface area (Å²) >= 11 is 0. The van der Waals surface area contributed by atoms with Gasteiger partial charge >= 0.3 is 6.03 Å². The van der Waals surface area contributed by atoms with Gasteiger partial charge < -0.3 is 15.3 Å². The fourth-order valence-corrected chi connectivity index (χ4v) is 3.22. The van der Waals surface area contributed by atoms with E-state index in [4.69, 9.17) is 0 Å². The Morgan fingerprint density at radius 2 is 1.89 bits per heavy atom. The van der Waals surface area contributed by atoms with Crippen molar-refractivity contribution in [2.24, 2.45) is 0 Å². The highest BCUT2D eigenvalue weighted by molar-refractivity contribution is 5.90. The number of hydrogen-bond acceptors (Lipinski definition) is 2. The average Bonchev–Trinajstić information content (AvgIpc) is 2.65. The highest BCUT2D eigenvalue weighted by Gasteiger charge is 2.42. The number of nitrogens with one attached hydrogen (secondary N) is 1. The number of anilines is 1. The molecule has 2 amide bonds. The second-order valence-electron chi connectivity index (χ2n) is 5.33. The summed E-state index contributed by atoms with van der Waals surface area (Å²) in [5.74, 6) is -0.430. The molecular formula is C14H17FN2O2. The van der Waals surface area contributed by atoms with Gasteiger partial charge in [0.2, 0.25) is 0 Å². The van der Waals surface area contributed by atoms with Gasteiger partial charge in [-0.1, -0.05) is 12.1 Å². The second kappa shape index (κ2) is 4.81. The van der Waals surface area contributed by atoms with Crippen molar-refractivity contribution < 1.29 is 14.3 Å². The molecule has 5 heteroatoms. The summed E-state index contributed by atoms with van der Waals surface area (Å²) in [7, 11) is 0. The number of nitrogens with zero attached hydrogens (tertiary/aromatic N) is 1. The van der Waals surface area contributed by atoms with E-state index in [2.05, 4.69) is 5.32 Å². The first-order chi connectivity index (χ1) is 9.15. The molecule has 2 heterocycles. The molecule has 3 rings (SSSR count). The summed E-state index contributed by atoms with van der Waals surface area (Å²) in [6.45, 7) is 0. The molecule has 2 N–H and O–H groups in total. The van der Waals surface area contributed by atoms with E-state index in [0.717, 1.165) is 12.8 Å². The number of piperidine rings is 1. The van der Waals surface area contributed by atoms with E-state index in [1.54, 1.807) is 23.1 Å². The van der Waals surface area contributed by atoms with Crippen LogP contribution in [0.3, 0.4) is 0 Å². The van der Waals surface area contributed by atoms with Crippen LogP contribution in [-0.2, 0) is 0 Å². The molecule has 2 fully saturated rings. The lowest BCUT2D eigenvalue weighted by Gasteiger charge is -2.37. The van der Waals surface area contributed by atoms with E-state index in [1.165, 1.54) is 6.07 Å². The topological polar surface area (TPSA) is 52.6 Å². The van der Waals surface area contributed by atoms with Crippen LogP contribution in [0.15, 0.2) is 24.3 Å². The van der Waals surface area contributed by atoms with Crippen LogP contribution < -0.4 is 5.32 Å². The minimum Gasteiger partial charge on any atom is -0.393 e.